The second-order valence-corrected chi connectivity index (χ2v) is 7.57. The fourth-order valence-corrected chi connectivity index (χ4v) is 3.00. The standard InChI is InChI=1S/C21H24BF2N3O2/c1-5-6-8-14(13-9-7-10-15(23)16(13)24)17(18-19(22)26-12-11-25-18)27-20(28)29-21(2,3)4/h5,7,9-12,14,17H,1,6,8H2,2-4H3,(H,27,28)/t14-,17-/m0/s1. The lowest BCUT2D eigenvalue weighted by Crippen LogP contribution is -2.40. The molecule has 0 saturated carbocycles. The second kappa shape index (κ2) is 9.63. The number of carbonyl (C=O) groups excluding carboxylic acids is 1. The van der Waals surface area contributed by atoms with Crippen LogP contribution in [-0.2, 0) is 4.74 Å². The van der Waals surface area contributed by atoms with E-state index in [-0.39, 0.29) is 16.9 Å². The maximum absolute atomic E-state index is 14.7. The number of allylic oxidation sites excluding steroid dienone is 1. The van der Waals surface area contributed by atoms with Crippen molar-refractivity contribution in [3.8, 4) is 0 Å². The van der Waals surface area contributed by atoms with Gasteiger partial charge in [0.2, 0.25) is 0 Å². The van der Waals surface area contributed by atoms with Gasteiger partial charge in [0.1, 0.15) is 13.4 Å². The lowest BCUT2D eigenvalue weighted by atomic mass is 9.82. The van der Waals surface area contributed by atoms with Gasteiger partial charge in [0.25, 0.3) is 0 Å². The molecule has 0 aliphatic carbocycles. The molecule has 1 N–H and O–H groups in total. The van der Waals surface area contributed by atoms with E-state index in [1.807, 2.05) is 0 Å². The topological polar surface area (TPSA) is 64.1 Å². The lowest BCUT2D eigenvalue weighted by Gasteiger charge is -2.30. The molecule has 152 valence electrons. The summed E-state index contributed by atoms with van der Waals surface area (Å²) in [7, 11) is 5.98. The number of aromatic nitrogens is 2. The van der Waals surface area contributed by atoms with Crippen molar-refractivity contribution in [2.24, 2.45) is 0 Å². The molecule has 2 rings (SSSR count). The number of rotatable bonds is 7. The summed E-state index contributed by atoms with van der Waals surface area (Å²) in [6.07, 6.45) is 4.61. The molecule has 0 saturated heterocycles. The molecule has 8 heteroatoms. The highest BCUT2D eigenvalue weighted by molar-refractivity contribution is 6.31. The van der Waals surface area contributed by atoms with E-state index in [4.69, 9.17) is 12.6 Å². The Morgan fingerprint density at radius 2 is 2.00 bits per heavy atom. The average molecular weight is 399 g/mol. The molecule has 29 heavy (non-hydrogen) atoms. The zero-order valence-corrected chi connectivity index (χ0v) is 16.8. The van der Waals surface area contributed by atoms with Crippen molar-refractivity contribution in [3.05, 3.63) is 66.1 Å². The molecule has 2 radical (unpaired) electrons. The van der Waals surface area contributed by atoms with E-state index in [1.54, 1.807) is 26.8 Å². The summed E-state index contributed by atoms with van der Waals surface area (Å²) in [6.45, 7) is 8.86. The van der Waals surface area contributed by atoms with Gasteiger partial charge in [0, 0.05) is 23.9 Å². The highest BCUT2D eigenvalue weighted by Gasteiger charge is 2.32. The van der Waals surface area contributed by atoms with Crippen molar-refractivity contribution in [2.75, 3.05) is 0 Å². The Kier molecular flexibility index (Phi) is 7.48. The Morgan fingerprint density at radius 1 is 1.31 bits per heavy atom. The molecule has 0 spiro atoms. The monoisotopic (exact) mass is 399 g/mol. The summed E-state index contributed by atoms with van der Waals surface area (Å²) in [4.78, 5) is 20.8. The van der Waals surface area contributed by atoms with Gasteiger partial charge in [-0.25, -0.2) is 13.6 Å². The van der Waals surface area contributed by atoms with Crippen molar-refractivity contribution in [3.63, 3.8) is 0 Å². The van der Waals surface area contributed by atoms with Gasteiger partial charge in [0.05, 0.1) is 11.7 Å². The number of hydrogen-bond donors (Lipinski definition) is 1. The fraction of sp³-hybridized carbons (Fsp3) is 0.381. The molecule has 2 aromatic rings. The molecular formula is C21H24BF2N3O2. The first-order valence-electron chi connectivity index (χ1n) is 9.24. The Hall–Kier alpha value is -2.77. The molecule has 1 aromatic carbocycles. The molecule has 1 aromatic heterocycles. The summed E-state index contributed by atoms with van der Waals surface area (Å²) >= 11 is 0. The third-order valence-corrected chi connectivity index (χ3v) is 4.19. The van der Waals surface area contributed by atoms with E-state index in [0.29, 0.717) is 12.8 Å². The SMILES string of the molecule is [B]c1nccnc1[C@@H](NC(=O)OC(C)(C)C)[C@@H](CCC=C)c1cccc(F)c1F. The van der Waals surface area contributed by atoms with Gasteiger partial charge in [0.15, 0.2) is 11.6 Å². The molecule has 0 bridgehead atoms. The summed E-state index contributed by atoms with van der Waals surface area (Å²) in [5.74, 6) is -2.65. The van der Waals surface area contributed by atoms with Crippen molar-refractivity contribution in [1.82, 2.24) is 15.3 Å². The summed E-state index contributed by atoms with van der Waals surface area (Å²) in [5.41, 5.74) is -0.327. The zero-order valence-electron chi connectivity index (χ0n) is 16.8. The van der Waals surface area contributed by atoms with Crippen LogP contribution in [0.5, 0.6) is 0 Å². The van der Waals surface area contributed by atoms with E-state index in [9.17, 15) is 13.6 Å². The number of nitrogens with one attached hydrogen (secondary N) is 1. The van der Waals surface area contributed by atoms with Gasteiger partial charge in [-0.2, -0.15) is 0 Å². The predicted molar refractivity (Wildman–Crippen MR) is 108 cm³/mol. The maximum Gasteiger partial charge on any atom is 0.408 e. The summed E-state index contributed by atoms with van der Waals surface area (Å²) in [6, 6.07) is 3.03. The predicted octanol–water partition coefficient (Wildman–Crippen LogP) is 3.86. The molecule has 0 aliphatic heterocycles. The lowest BCUT2D eigenvalue weighted by molar-refractivity contribution is 0.0492. The van der Waals surface area contributed by atoms with E-state index >= 15 is 0 Å². The van der Waals surface area contributed by atoms with Crippen molar-refractivity contribution in [2.45, 2.75) is 51.2 Å². The Bertz CT molecular complexity index is 871. The van der Waals surface area contributed by atoms with Crippen LogP contribution in [0.2, 0.25) is 0 Å². The van der Waals surface area contributed by atoms with Crippen LogP contribution in [0, 0.1) is 11.6 Å². The quantitative estimate of drug-likeness (QED) is 0.567. The van der Waals surface area contributed by atoms with Gasteiger partial charge in [-0.1, -0.05) is 18.2 Å². The number of halogens is 2. The number of alkyl carbamates (subject to hydrolysis) is 1. The van der Waals surface area contributed by atoms with Gasteiger partial charge in [-0.3, -0.25) is 9.97 Å². The number of ether oxygens (including phenoxy) is 1. The first-order chi connectivity index (χ1) is 13.6. The number of carbonyl (C=O) groups is 1. The first-order valence-corrected chi connectivity index (χ1v) is 9.24. The van der Waals surface area contributed by atoms with Gasteiger partial charge >= 0.3 is 6.09 Å². The number of nitrogens with zero attached hydrogens (tertiary/aromatic N) is 2. The number of amides is 1. The van der Waals surface area contributed by atoms with E-state index in [0.717, 1.165) is 6.07 Å². The van der Waals surface area contributed by atoms with Crippen molar-refractivity contribution < 1.29 is 18.3 Å². The minimum atomic E-state index is -0.986. The molecule has 0 aliphatic rings. The molecule has 5 nitrogen and oxygen atoms in total. The third-order valence-electron chi connectivity index (χ3n) is 4.19. The Labute approximate surface area is 171 Å². The number of hydrogen-bond acceptors (Lipinski definition) is 4. The van der Waals surface area contributed by atoms with Gasteiger partial charge < -0.3 is 10.1 Å². The second-order valence-electron chi connectivity index (χ2n) is 7.57. The van der Waals surface area contributed by atoms with Crippen LogP contribution in [-0.4, -0.2) is 29.5 Å². The normalized spacial score (nSPS) is 13.4. The van der Waals surface area contributed by atoms with Crippen molar-refractivity contribution >= 4 is 19.5 Å². The first kappa shape index (κ1) is 22.5. The Balaban J connectivity index is 2.54. The highest BCUT2D eigenvalue weighted by Crippen LogP contribution is 2.36. The van der Waals surface area contributed by atoms with Crippen molar-refractivity contribution in [1.29, 1.82) is 0 Å². The van der Waals surface area contributed by atoms with Crippen LogP contribution < -0.4 is 10.9 Å². The van der Waals surface area contributed by atoms with E-state index in [2.05, 4.69) is 21.9 Å². The average Bonchev–Trinajstić information content (AvgIpc) is 2.63. The molecule has 1 heterocycles. The fourth-order valence-electron chi connectivity index (χ4n) is 3.00. The summed E-state index contributed by atoms with van der Waals surface area (Å²) in [5, 5.41) is 2.72. The van der Waals surface area contributed by atoms with E-state index in [1.165, 1.54) is 24.5 Å². The van der Waals surface area contributed by atoms with Crippen LogP contribution in [0.1, 0.15) is 56.8 Å². The maximum atomic E-state index is 14.7. The van der Waals surface area contributed by atoms with Crippen LogP contribution in [0.3, 0.4) is 0 Å². The molecule has 0 fully saturated rings. The van der Waals surface area contributed by atoms with E-state index < -0.39 is 35.3 Å². The van der Waals surface area contributed by atoms with Crippen LogP contribution in [0.4, 0.5) is 13.6 Å². The van der Waals surface area contributed by atoms with Gasteiger partial charge in [-0.15, -0.1) is 6.58 Å². The number of benzene rings is 1. The van der Waals surface area contributed by atoms with Crippen LogP contribution in [0.15, 0.2) is 43.2 Å². The third kappa shape index (κ3) is 6.11. The largest absolute Gasteiger partial charge is 0.444 e. The summed E-state index contributed by atoms with van der Waals surface area (Å²) < 4.78 is 33.9. The molecule has 1 amide bonds. The minimum Gasteiger partial charge on any atom is -0.444 e. The zero-order chi connectivity index (χ0) is 21.6. The van der Waals surface area contributed by atoms with Crippen LogP contribution >= 0.6 is 0 Å². The minimum absolute atomic E-state index is 0.0778. The molecular weight excluding hydrogens is 375 g/mol. The van der Waals surface area contributed by atoms with Gasteiger partial charge in [-0.05, 0) is 45.2 Å². The molecule has 0 unspecified atom stereocenters. The highest BCUT2D eigenvalue weighted by atomic mass is 19.2. The Morgan fingerprint density at radius 3 is 2.62 bits per heavy atom. The molecule has 2 atom stereocenters. The van der Waals surface area contributed by atoms with Crippen LogP contribution in [0.25, 0.3) is 0 Å². The smallest absolute Gasteiger partial charge is 0.408 e.